The first kappa shape index (κ1) is 11.1. The molecule has 0 saturated heterocycles. The summed E-state index contributed by atoms with van der Waals surface area (Å²) in [6.45, 7) is 8.65. The second-order valence-electron chi connectivity index (χ2n) is 5.59. The third-order valence-electron chi connectivity index (χ3n) is 3.14. The van der Waals surface area contributed by atoms with E-state index in [9.17, 15) is 4.79 Å². The number of fused-ring (bicyclic) bond motifs is 1. The number of hydrogen-bond acceptors (Lipinski definition) is 1. The van der Waals surface area contributed by atoms with Crippen molar-refractivity contribution in [1.29, 1.82) is 0 Å². The van der Waals surface area contributed by atoms with E-state index >= 15 is 0 Å². The summed E-state index contributed by atoms with van der Waals surface area (Å²) >= 11 is 0. The van der Waals surface area contributed by atoms with Crippen LogP contribution in [-0.2, 0) is 16.6 Å². The minimum atomic E-state index is 0.163. The van der Waals surface area contributed by atoms with Crippen LogP contribution in [-0.4, -0.2) is 5.78 Å². The number of carbonyl (C=O) groups is 1. The summed E-state index contributed by atoms with van der Waals surface area (Å²) in [6.07, 6.45) is 2.31. The summed E-state index contributed by atoms with van der Waals surface area (Å²) in [5, 5.41) is 0. The predicted molar refractivity (Wildman–Crippen MR) is 67.5 cm³/mol. The fraction of sp³-hybridized carbons (Fsp3) is 0.400. The molecule has 1 aliphatic carbocycles. The van der Waals surface area contributed by atoms with Crippen LogP contribution in [0.1, 0.15) is 44.4 Å². The number of ketones is 1. The van der Waals surface area contributed by atoms with Crippen molar-refractivity contribution >= 4 is 11.4 Å². The van der Waals surface area contributed by atoms with Gasteiger partial charge >= 0.3 is 0 Å². The Morgan fingerprint density at radius 1 is 1.19 bits per heavy atom. The van der Waals surface area contributed by atoms with Crippen molar-refractivity contribution < 1.29 is 4.79 Å². The van der Waals surface area contributed by atoms with Crippen molar-refractivity contribution in [2.24, 2.45) is 0 Å². The van der Waals surface area contributed by atoms with E-state index in [-0.39, 0.29) is 11.2 Å². The fourth-order valence-electron chi connectivity index (χ4n) is 2.12. The predicted octanol–water partition coefficient (Wildman–Crippen LogP) is 3.51. The van der Waals surface area contributed by atoms with Crippen molar-refractivity contribution in [1.82, 2.24) is 0 Å². The van der Waals surface area contributed by atoms with Gasteiger partial charge in [-0.3, -0.25) is 4.79 Å². The van der Waals surface area contributed by atoms with Gasteiger partial charge in [0.2, 0.25) is 0 Å². The largest absolute Gasteiger partial charge is 0.294 e. The van der Waals surface area contributed by atoms with Crippen LogP contribution in [0.2, 0.25) is 0 Å². The zero-order chi connectivity index (χ0) is 11.9. The Hall–Kier alpha value is -1.37. The molecule has 0 aromatic heterocycles. The third kappa shape index (κ3) is 1.95. The van der Waals surface area contributed by atoms with Gasteiger partial charge < -0.3 is 0 Å². The van der Waals surface area contributed by atoms with Gasteiger partial charge in [-0.1, -0.05) is 39.0 Å². The first-order valence-electron chi connectivity index (χ1n) is 5.73. The van der Waals surface area contributed by atoms with Crippen molar-refractivity contribution in [2.75, 3.05) is 0 Å². The number of rotatable bonds is 0. The Morgan fingerprint density at radius 2 is 1.88 bits per heavy atom. The summed E-state index contributed by atoms with van der Waals surface area (Å²) in [5.74, 6) is 0.216. The first-order chi connectivity index (χ1) is 7.38. The lowest BCUT2D eigenvalue weighted by Crippen LogP contribution is -2.14. The lowest BCUT2D eigenvalue weighted by atomic mass is 9.82. The Kier molecular flexibility index (Phi) is 2.49. The zero-order valence-electron chi connectivity index (χ0n) is 10.4. The van der Waals surface area contributed by atoms with Gasteiger partial charge in [-0.25, -0.2) is 0 Å². The van der Waals surface area contributed by atoms with Crippen LogP contribution in [0.15, 0.2) is 24.3 Å². The SMILES string of the molecule is CC1=CC(=O)Cc2ccc(C(C)(C)C)cc21. The van der Waals surface area contributed by atoms with E-state index in [1.54, 1.807) is 6.08 Å². The van der Waals surface area contributed by atoms with Crippen molar-refractivity contribution in [2.45, 2.75) is 39.5 Å². The number of carbonyl (C=O) groups excluding carboxylic acids is 1. The Balaban J connectivity index is 2.54. The molecule has 0 spiro atoms. The van der Waals surface area contributed by atoms with Gasteiger partial charge in [-0.05, 0) is 40.7 Å². The highest BCUT2D eigenvalue weighted by Gasteiger charge is 2.19. The molecule has 0 aliphatic heterocycles. The van der Waals surface area contributed by atoms with Crippen LogP contribution in [0.25, 0.3) is 5.57 Å². The lowest BCUT2D eigenvalue weighted by Gasteiger charge is -2.23. The van der Waals surface area contributed by atoms with Gasteiger partial charge in [-0.15, -0.1) is 0 Å². The molecule has 0 saturated carbocycles. The lowest BCUT2D eigenvalue weighted by molar-refractivity contribution is -0.114. The highest BCUT2D eigenvalue weighted by molar-refractivity contribution is 6.01. The first-order valence-corrected chi connectivity index (χ1v) is 5.73. The molecule has 1 nitrogen and oxygen atoms in total. The van der Waals surface area contributed by atoms with E-state index in [0.29, 0.717) is 6.42 Å². The van der Waals surface area contributed by atoms with Crippen LogP contribution in [0.5, 0.6) is 0 Å². The maximum absolute atomic E-state index is 11.4. The molecule has 0 unspecified atom stereocenters. The van der Waals surface area contributed by atoms with Crippen LogP contribution < -0.4 is 0 Å². The minimum Gasteiger partial charge on any atom is -0.294 e. The van der Waals surface area contributed by atoms with E-state index < -0.39 is 0 Å². The smallest absolute Gasteiger partial charge is 0.160 e. The molecule has 0 fully saturated rings. The average Bonchev–Trinajstić information content (AvgIpc) is 2.15. The summed E-state index contributed by atoms with van der Waals surface area (Å²) in [4.78, 5) is 11.4. The molecule has 1 aromatic rings. The number of allylic oxidation sites excluding steroid dienone is 2. The van der Waals surface area contributed by atoms with Crippen molar-refractivity contribution in [3.8, 4) is 0 Å². The second kappa shape index (κ2) is 3.58. The van der Waals surface area contributed by atoms with E-state index in [1.165, 1.54) is 11.1 Å². The van der Waals surface area contributed by atoms with E-state index in [0.717, 1.165) is 11.1 Å². The highest BCUT2D eigenvalue weighted by Crippen LogP contribution is 2.30. The fourth-order valence-corrected chi connectivity index (χ4v) is 2.12. The molecule has 0 N–H and O–H groups in total. The molecular formula is C15H18O. The summed E-state index contributed by atoms with van der Waals surface area (Å²) in [7, 11) is 0. The summed E-state index contributed by atoms with van der Waals surface area (Å²) < 4.78 is 0. The van der Waals surface area contributed by atoms with Crippen molar-refractivity contribution in [3.63, 3.8) is 0 Å². The quantitative estimate of drug-likeness (QED) is 0.646. The second-order valence-corrected chi connectivity index (χ2v) is 5.59. The summed E-state index contributed by atoms with van der Waals surface area (Å²) in [6, 6.07) is 6.47. The third-order valence-corrected chi connectivity index (χ3v) is 3.14. The molecule has 0 radical (unpaired) electrons. The van der Waals surface area contributed by atoms with Gasteiger partial charge in [0.05, 0.1) is 0 Å². The standard InChI is InChI=1S/C15H18O/c1-10-7-13(16)8-11-5-6-12(9-14(10)11)15(2,3)4/h5-7,9H,8H2,1-4H3. The molecule has 1 aromatic carbocycles. The normalized spacial score (nSPS) is 15.8. The van der Waals surface area contributed by atoms with Gasteiger partial charge in [0.15, 0.2) is 5.78 Å². The maximum atomic E-state index is 11.4. The Labute approximate surface area is 97.2 Å². The molecule has 0 atom stereocenters. The number of benzene rings is 1. The van der Waals surface area contributed by atoms with Crippen LogP contribution in [0, 0.1) is 0 Å². The molecule has 0 amide bonds. The zero-order valence-corrected chi connectivity index (χ0v) is 10.4. The van der Waals surface area contributed by atoms with E-state index in [1.807, 2.05) is 6.92 Å². The van der Waals surface area contributed by atoms with Crippen molar-refractivity contribution in [3.05, 3.63) is 41.0 Å². The van der Waals surface area contributed by atoms with Crippen LogP contribution >= 0.6 is 0 Å². The van der Waals surface area contributed by atoms with Gasteiger partial charge in [-0.2, -0.15) is 0 Å². The molecule has 0 bridgehead atoms. The summed E-state index contributed by atoms with van der Waals surface area (Å²) in [5.41, 5.74) is 4.99. The molecule has 1 heteroatoms. The molecule has 1 aliphatic rings. The Morgan fingerprint density at radius 3 is 2.50 bits per heavy atom. The molecule has 84 valence electrons. The highest BCUT2D eigenvalue weighted by atomic mass is 16.1. The minimum absolute atomic E-state index is 0.163. The molecule has 2 rings (SSSR count). The van der Waals surface area contributed by atoms with Crippen LogP contribution in [0.3, 0.4) is 0 Å². The number of hydrogen-bond donors (Lipinski definition) is 0. The van der Waals surface area contributed by atoms with E-state index in [2.05, 4.69) is 39.0 Å². The molecule has 0 heterocycles. The van der Waals surface area contributed by atoms with Gasteiger partial charge in [0.1, 0.15) is 0 Å². The Bertz CT molecular complexity index is 473. The molecular weight excluding hydrogens is 196 g/mol. The average molecular weight is 214 g/mol. The monoisotopic (exact) mass is 214 g/mol. The van der Waals surface area contributed by atoms with Crippen LogP contribution in [0.4, 0.5) is 0 Å². The van der Waals surface area contributed by atoms with Gasteiger partial charge in [0.25, 0.3) is 0 Å². The molecule has 16 heavy (non-hydrogen) atoms. The topological polar surface area (TPSA) is 17.1 Å². The van der Waals surface area contributed by atoms with E-state index in [4.69, 9.17) is 0 Å². The van der Waals surface area contributed by atoms with Gasteiger partial charge in [0, 0.05) is 6.42 Å². The maximum Gasteiger partial charge on any atom is 0.160 e.